The molecule has 1 nitrogen and oxygen atoms in total. The van der Waals surface area contributed by atoms with Gasteiger partial charge in [-0.1, -0.05) is 57.2 Å². The Morgan fingerprint density at radius 1 is 0.967 bits per heavy atom. The van der Waals surface area contributed by atoms with E-state index in [1.807, 2.05) is 24.0 Å². The lowest BCUT2D eigenvalue weighted by Crippen LogP contribution is -2.12. The minimum Gasteiger partial charge on any atom is -0.256 e. The Hall–Kier alpha value is -2.23. The molecule has 0 radical (unpaired) electrons. The van der Waals surface area contributed by atoms with Crippen molar-refractivity contribution in [2.75, 3.05) is 5.75 Å². The maximum Gasteiger partial charge on any atom is 0.0781 e. The monoisotopic (exact) mass is 427 g/mol. The van der Waals surface area contributed by atoms with Crippen LogP contribution in [0.25, 0.3) is 33.2 Å². The average molecular weight is 428 g/mol. The Labute approximate surface area is 188 Å². The number of hydrogen-bond acceptors (Lipinski definition) is 3. The SMILES string of the molecule is CC(C)(C)c1cc(-c2ncccc2-c2c(S)ccc3c2SCC3)cc2ccccc12. The third-order valence-electron chi connectivity index (χ3n) is 5.86. The van der Waals surface area contributed by atoms with Crippen LogP contribution < -0.4 is 0 Å². The molecule has 3 aromatic carbocycles. The smallest absolute Gasteiger partial charge is 0.0781 e. The topological polar surface area (TPSA) is 12.9 Å². The molecular formula is C27H25NS2. The molecule has 4 aromatic rings. The Morgan fingerprint density at radius 2 is 1.80 bits per heavy atom. The number of aryl methyl sites for hydroxylation is 1. The normalized spacial score (nSPS) is 13.6. The number of nitrogens with zero attached hydrogens (tertiary/aromatic N) is 1. The fourth-order valence-corrected chi connectivity index (χ4v) is 6.03. The first-order valence-electron chi connectivity index (χ1n) is 10.4. The van der Waals surface area contributed by atoms with Crippen LogP contribution >= 0.6 is 24.4 Å². The fraction of sp³-hybridized carbons (Fsp3) is 0.222. The first-order valence-corrected chi connectivity index (χ1v) is 11.8. The van der Waals surface area contributed by atoms with E-state index in [1.165, 1.54) is 43.5 Å². The number of aromatic nitrogens is 1. The minimum absolute atomic E-state index is 0.0448. The predicted octanol–water partition coefficient (Wildman–Crippen LogP) is 7.80. The van der Waals surface area contributed by atoms with Crippen LogP contribution in [0.5, 0.6) is 0 Å². The highest BCUT2D eigenvalue weighted by Gasteiger charge is 2.23. The summed E-state index contributed by atoms with van der Waals surface area (Å²) in [6, 6.07) is 21.9. The molecule has 0 fully saturated rings. The minimum atomic E-state index is 0.0448. The molecule has 150 valence electrons. The van der Waals surface area contributed by atoms with Gasteiger partial charge in [-0.2, -0.15) is 0 Å². The lowest BCUT2D eigenvalue weighted by atomic mass is 9.82. The zero-order chi connectivity index (χ0) is 20.9. The van der Waals surface area contributed by atoms with Gasteiger partial charge in [0.2, 0.25) is 0 Å². The second-order valence-electron chi connectivity index (χ2n) is 8.94. The number of benzene rings is 3. The molecule has 0 spiro atoms. The summed E-state index contributed by atoms with van der Waals surface area (Å²) in [5, 5.41) is 2.58. The van der Waals surface area contributed by atoms with Gasteiger partial charge >= 0.3 is 0 Å². The lowest BCUT2D eigenvalue weighted by Gasteiger charge is -2.23. The third kappa shape index (κ3) is 3.34. The molecule has 1 aliphatic rings. The van der Waals surface area contributed by atoms with Crippen molar-refractivity contribution < 1.29 is 0 Å². The highest BCUT2D eigenvalue weighted by atomic mass is 32.2. The number of thioether (sulfide) groups is 1. The average Bonchev–Trinajstić information content (AvgIpc) is 3.21. The van der Waals surface area contributed by atoms with Crippen LogP contribution in [0.15, 0.2) is 76.7 Å². The van der Waals surface area contributed by atoms with Crippen LogP contribution in [0.1, 0.15) is 31.9 Å². The van der Waals surface area contributed by atoms with Crippen molar-refractivity contribution in [1.82, 2.24) is 4.98 Å². The summed E-state index contributed by atoms with van der Waals surface area (Å²) < 4.78 is 0. The first-order chi connectivity index (χ1) is 14.4. The highest BCUT2D eigenvalue weighted by molar-refractivity contribution is 7.99. The highest BCUT2D eigenvalue weighted by Crippen LogP contribution is 2.46. The van der Waals surface area contributed by atoms with Crippen LogP contribution in [-0.4, -0.2) is 10.7 Å². The van der Waals surface area contributed by atoms with Gasteiger partial charge in [-0.3, -0.25) is 4.98 Å². The predicted molar refractivity (Wildman–Crippen MR) is 133 cm³/mol. The van der Waals surface area contributed by atoms with E-state index in [0.717, 1.165) is 22.8 Å². The number of rotatable bonds is 2. The Morgan fingerprint density at radius 3 is 2.63 bits per heavy atom. The molecule has 0 amide bonds. The number of pyridine rings is 1. The maximum absolute atomic E-state index is 4.88. The summed E-state index contributed by atoms with van der Waals surface area (Å²) in [4.78, 5) is 7.27. The zero-order valence-corrected chi connectivity index (χ0v) is 19.3. The maximum atomic E-state index is 4.88. The first kappa shape index (κ1) is 19.7. The largest absolute Gasteiger partial charge is 0.256 e. The summed E-state index contributed by atoms with van der Waals surface area (Å²) in [5.41, 5.74) is 7.43. The molecule has 0 aliphatic carbocycles. The zero-order valence-electron chi connectivity index (χ0n) is 17.6. The van der Waals surface area contributed by atoms with Crippen molar-refractivity contribution in [2.24, 2.45) is 0 Å². The van der Waals surface area contributed by atoms with E-state index in [-0.39, 0.29) is 5.41 Å². The van der Waals surface area contributed by atoms with Gasteiger partial charge in [0.25, 0.3) is 0 Å². The van der Waals surface area contributed by atoms with Crippen LogP contribution in [0.3, 0.4) is 0 Å². The molecule has 5 rings (SSSR count). The van der Waals surface area contributed by atoms with Gasteiger partial charge in [-0.05, 0) is 58.0 Å². The Bertz CT molecular complexity index is 1270. The fourth-order valence-electron chi connectivity index (χ4n) is 4.41. The number of thiol groups is 1. The van der Waals surface area contributed by atoms with Gasteiger partial charge in [-0.25, -0.2) is 0 Å². The van der Waals surface area contributed by atoms with Crippen molar-refractivity contribution in [1.29, 1.82) is 0 Å². The molecule has 1 aromatic heterocycles. The van der Waals surface area contributed by atoms with Crippen LogP contribution in [0, 0.1) is 0 Å². The van der Waals surface area contributed by atoms with E-state index in [0.29, 0.717) is 0 Å². The van der Waals surface area contributed by atoms with Crippen molar-refractivity contribution in [3.05, 3.63) is 78.0 Å². The standard InChI is InChI=1S/C27H25NS2/c1-27(2,3)22-16-19(15-18-7-4-5-8-20(18)22)25-21(9-6-13-28-25)24-23(29)11-10-17-12-14-30-26(17)24/h4-11,13,15-16,29H,12,14H2,1-3H3. The van der Waals surface area contributed by atoms with Gasteiger partial charge < -0.3 is 0 Å². The number of hydrogen-bond donors (Lipinski definition) is 1. The third-order valence-corrected chi connectivity index (χ3v) is 7.39. The summed E-state index contributed by atoms with van der Waals surface area (Å²) in [6.45, 7) is 6.85. The van der Waals surface area contributed by atoms with Crippen molar-refractivity contribution in [3.8, 4) is 22.4 Å². The molecule has 3 heteroatoms. The van der Waals surface area contributed by atoms with E-state index in [9.17, 15) is 0 Å². The molecule has 0 bridgehead atoms. The van der Waals surface area contributed by atoms with Gasteiger partial charge in [0, 0.05) is 38.4 Å². The van der Waals surface area contributed by atoms with Gasteiger partial charge in [0.05, 0.1) is 5.69 Å². The van der Waals surface area contributed by atoms with Crippen molar-refractivity contribution >= 4 is 35.2 Å². The second kappa shape index (κ2) is 7.47. The van der Waals surface area contributed by atoms with E-state index >= 15 is 0 Å². The molecular weight excluding hydrogens is 402 g/mol. The molecule has 0 saturated carbocycles. The van der Waals surface area contributed by atoms with Crippen LogP contribution in [0.4, 0.5) is 0 Å². The van der Waals surface area contributed by atoms with E-state index in [1.54, 1.807) is 0 Å². The van der Waals surface area contributed by atoms with E-state index in [2.05, 4.69) is 75.4 Å². The summed E-state index contributed by atoms with van der Waals surface area (Å²) >= 11 is 6.79. The van der Waals surface area contributed by atoms with Gasteiger partial charge in [0.1, 0.15) is 0 Å². The summed E-state index contributed by atoms with van der Waals surface area (Å²) in [6.07, 6.45) is 3.03. The quantitative estimate of drug-likeness (QED) is 0.328. The molecule has 0 saturated heterocycles. The van der Waals surface area contributed by atoms with Gasteiger partial charge in [-0.15, -0.1) is 24.4 Å². The molecule has 1 aliphatic heterocycles. The van der Waals surface area contributed by atoms with Crippen LogP contribution in [0.2, 0.25) is 0 Å². The van der Waals surface area contributed by atoms with Crippen molar-refractivity contribution in [2.45, 2.75) is 42.4 Å². The van der Waals surface area contributed by atoms with Gasteiger partial charge in [0.15, 0.2) is 0 Å². The Balaban J connectivity index is 1.79. The second-order valence-corrected chi connectivity index (χ2v) is 10.5. The molecule has 0 atom stereocenters. The summed E-state index contributed by atoms with van der Waals surface area (Å²) in [5.74, 6) is 1.14. The van der Waals surface area contributed by atoms with E-state index in [4.69, 9.17) is 17.6 Å². The van der Waals surface area contributed by atoms with Crippen LogP contribution in [-0.2, 0) is 11.8 Å². The summed E-state index contributed by atoms with van der Waals surface area (Å²) in [7, 11) is 0. The molecule has 0 unspecified atom stereocenters. The lowest BCUT2D eigenvalue weighted by molar-refractivity contribution is 0.596. The van der Waals surface area contributed by atoms with Crippen molar-refractivity contribution in [3.63, 3.8) is 0 Å². The molecule has 30 heavy (non-hydrogen) atoms. The number of fused-ring (bicyclic) bond motifs is 2. The molecule has 2 heterocycles. The molecule has 0 N–H and O–H groups in total. The Kier molecular flexibility index (Phi) is 4.91. The van der Waals surface area contributed by atoms with E-state index < -0.39 is 0 Å².